The Morgan fingerprint density at radius 3 is 2.41 bits per heavy atom. The van der Waals surface area contributed by atoms with Crippen molar-refractivity contribution in [2.24, 2.45) is 0 Å². The van der Waals surface area contributed by atoms with E-state index in [0.29, 0.717) is 17.8 Å². The first-order valence-corrected chi connectivity index (χ1v) is 10.2. The van der Waals surface area contributed by atoms with Gasteiger partial charge in [0.25, 0.3) is 5.91 Å². The summed E-state index contributed by atoms with van der Waals surface area (Å²) in [7, 11) is 0. The molecule has 0 atom stereocenters. The molecule has 156 valence electrons. The number of imidazole rings is 1. The van der Waals surface area contributed by atoms with Crippen LogP contribution in [0.4, 0.5) is 0 Å². The van der Waals surface area contributed by atoms with Gasteiger partial charge in [-0.1, -0.05) is 54.6 Å². The van der Waals surface area contributed by atoms with Gasteiger partial charge in [0, 0.05) is 18.3 Å². The van der Waals surface area contributed by atoms with Crippen molar-refractivity contribution in [1.29, 1.82) is 0 Å². The summed E-state index contributed by atoms with van der Waals surface area (Å²) < 4.78 is 1.75. The molecular weight excluding hydrogens is 402 g/mol. The third-order valence-corrected chi connectivity index (χ3v) is 5.36. The van der Waals surface area contributed by atoms with E-state index < -0.39 is 0 Å². The van der Waals surface area contributed by atoms with E-state index >= 15 is 0 Å². The highest BCUT2D eigenvalue weighted by Crippen LogP contribution is 2.25. The van der Waals surface area contributed by atoms with E-state index in [1.165, 1.54) is 12.1 Å². The monoisotopic (exact) mass is 421 g/mol. The molecule has 2 N–H and O–H groups in total. The van der Waals surface area contributed by atoms with E-state index in [1.807, 2.05) is 54.6 Å². The maximum atomic E-state index is 13.2. The number of para-hydroxylation sites is 3. The number of phenols is 1. The molecule has 0 aliphatic heterocycles. The van der Waals surface area contributed by atoms with Crippen molar-refractivity contribution in [1.82, 2.24) is 14.7 Å². The smallest absolute Gasteiger partial charge is 0.255 e. The topological polar surface area (TPSA) is 83.7 Å². The van der Waals surface area contributed by atoms with Crippen LogP contribution in [0, 0.1) is 0 Å². The number of aromatic hydroxyl groups is 1. The fourth-order valence-corrected chi connectivity index (χ4v) is 3.75. The minimum Gasteiger partial charge on any atom is -0.507 e. The van der Waals surface area contributed by atoms with Crippen LogP contribution in [-0.4, -0.2) is 26.2 Å². The van der Waals surface area contributed by atoms with Crippen LogP contribution in [0.2, 0.25) is 0 Å². The van der Waals surface area contributed by atoms with E-state index in [1.54, 1.807) is 28.8 Å². The first kappa shape index (κ1) is 19.5. The standard InChI is InChI=1S/C26H19N3O3/c30-23-13-7-4-10-19(23)24(31)18-14-20(26(32)27-15-17-8-2-1-3-9-17)25-28-21-11-5-6-12-22(21)29(25)16-18/h1-14,16,30H,15H2,(H,27,32). The number of fused-ring (bicyclic) bond motifs is 3. The Labute approximate surface area is 183 Å². The summed E-state index contributed by atoms with van der Waals surface area (Å²) in [5.41, 5.74) is 3.68. The summed E-state index contributed by atoms with van der Waals surface area (Å²) in [5.74, 6) is -0.816. The van der Waals surface area contributed by atoms with Crippen molar-refractivity contribution in [3.05, 3.63) is 113 Å². The summed E-state index contributed by atoms with van der Waals surface area (Å²) in [6.45, 7) is 0.351. The molecule has 0 saturated carbocycles. The number of rotatable bonds is 5. The highest BCUT2D eigenvalue weighted by Gasteiger charge is 2.21. The SMILES string of the molecule is O=C(c1cc(C(=O)NCc2ccccc2)c2nc3ccccc3n2c1)c1ccccc1O. The third kappa shape index (κ3) is 3.48. The fraction of sp³-hybridized carbons (Fsp3) is 0.0385. The van der Waals surface area contributed by atoms with Gasteiger partial charge in [0.05, 0.1) is 22.2 Å². The first-order valence-electron chi connectivity index (χ1n) is 10.2. The van der Waals surface area contributed by atoms with Gasteiger partial charge >= 0.3 is 0 Å². The normalized spacial score (nSPS) is 11.0. The number of aromatic nitrogens is 2. The number of nitrogens with zero attached hydrogens (tertiary/aromatic N) is 2. The molecule has 6 nitrogen and oxygen atoms in total. The minimum atomic E-state index is -0.375. The molecule has 0 fully saturated rings. The average Bonchev–Trinajstić information content (AvgIpc) is 3.21. The van der Waals surface area contributed by atoms with E-state index in [9.17, 15) is 14.7 Å². The Hall–Kier alpha value is -4.45. The molecule has 0 bridgehead atoms. The quantitative estimate of drug-likeness (QED) is 0.413. The Bertz CT molecular complexity index is 1470. The zero-order chi connectivity index (χ0) is 22.1. The van der Waals surface area contributed by atoms with Crippen LogP contribution in [0.5, 0.6) is 5.75 Å². The van der Waals surface area contributed by atoms with Gasteiger partial charge in [0.2, 0.25) is 0 Å². The van der Waals surface area contributed by atoms with Gasteiger partial charge in [-0.25, -0.2) is 4.98 Å². The van der Waals surface area contributed by atoms with Crippen LogP contribution < -0.4 is 5.32 Å². The maximum Gasteiger partial charge on any atom is 0.255 e. The number of benzene rings is 3. The summed E-state index contributed by atoms with van der Waals surface area (Å²) in [5, 5.41) is 13.1. The van der Waals surface area contributed by atoms with Crippen molar-refractivity contribution < 1.29 is 14.7 Å². The maximum absolute atomic E-state index is 13.2. The van der Waals surface area contributed by atoms with Crippen molar-refractivity contribution in [3.8, 4) is 5.75 Å². The molecule has 32 heavy (non-hydrogen) atoms. The molecule has 6 heteroatoms. The van der Waals surface area contributed by atoms with Crippen molar-refractivity contribution in [3.63, 3.8) is 0 Å². The Kier molecular flexibility index (Phi) is 4.88. The van der Waals surface area contributed by atoms with Crippen LogP contribution in [0.3, 0.4) is 0 Å². The highest BCUT2D eigenvalue weighted by atomic mass is 16.3. The van der Waals surface area contributed by atoms with Gasteiger partial charge in [-0.3, -0.25) is 14.0 Å². The predicted molar refractivity (Wildman–Crippen MR) is 122 cm³/mol. The molecule has 0 radical (unpaired) electrons. The van der Waals surface area contributed by atoms with Gasteiger partial charge in [0.1, 0.15) is 5.75 Å². The van der Waals surface area contributed by atoms with Crippen LogP contribution in [0.1, 0.15) is 31.8 Å². The zero-order valence-electron chi connectivity index (χ0n) is 17.0. The third-order valence-electron chi connectivity index (χ3n) is 5.36. The number of phenolic OH excluding ortho intramolecular Hbond substituents is 1. The Morgan fingerprint density at radius 1 is 0.875 bits per heavy atom. The molecule has 2 aromatic heterocycles. The number of hydrogen-bond donors (Lipinski definition) is 2. The predicted octanol–water partition coefficient (Wildman–Crippen LogP) is 4.35. The zero-order valence-corrected chi connectivity index (χ0v) is 17.0. The number of amides is 1. The lowest BCUT2D eigenvalue weighted by Crippen LogP contribution is -2.24. The molecule has 5 rings (SSSR count). The Morgan fingerprint density at radius 2 is 1.59 bits per heavy atom. The molecule has 1 amide bonds. The van der Waals surface area contributed by atoms with Gasteiger partial charge in [-0.05, 0) is 35.9 Å². The molecule has 0 unspecified atom stereocenters. The molecule has 3 aromatic carbocycles. The molecule has 0 spiro atoms. The van der Waals surface area contributed by atoms with Gasteiger partial charge in [-0.2, -0.15) is 0 Å². The summed E-state index contributed by atoms with van der Waals surface area (Å²) in [6, 6.07) is 25.0. The van der Waals surface area contributed by atoms with Crippen molar-refractivity contribution >= 4 is 28.4 Å². The Balaban J connectivity index is 1.62. The molecule has 5 aromatic rings. The number of nitrogens with one attached hydrogen (secondary N) is 1. The number of carbonyl (C=O) groups excluding carboxylic acids is 2. The van der Waals surface area contributed by atoms with Crippen molar-refractivity contribution in [2.75, 3.05) is 0 Å². The number of ketones is 1. The number of pyridine rings is 1. The largest absolute Gasteiger partial charge is 0.507 e. The van der Waals surface area contributed by atoms with Crippen molar-refractivity contribution in [2.45, 2.75) is 6.54 Å². The summed E-state index contributed by atoms with van der Waals surface area (Å²) in [4.78, 5) is 31.0. The first-order chi connectivity index (χ1) is 15.6. The van der Waals surface area contributed by atoms with Gasteiger partial charge in [0.15, 0.2) is 11.4 Å². The minimum absolute atomic E-state index is 0.108. The van der Waals surface area contributed by atoms with Gasteiger partial charge < -0.3 is 10.4 Å². The van der Waals surface area contributed by atoms with Crippen LogP contribution in [0.25, 0.3) is 16.7 Å². The van der Waals surface area contributed by atoms with E-state index in [4.69, 9.17) is 0 Å². The molecule has 0 aliphatic carbocycles. The highest BCUT2D eigenvalue weighted by molar-refractivity contribution is 6.12. The second kappa shape index (κ2) is 8.00. The lowest BCUT2D eigenvalue weighted by atomic mass is 10.0. The number of carbonyl (C=O) groups is 2. The fourth-order valence-electron chi connectivity index (χ4n) is 3.75. The second-order valence-corrected chi connectivity index (χ2v) is 7.45. The van der Waals surface area contributed by atoms with Gasteiger partial charge in [-0.15, -0.1) is 0 Å². The summed E-state index contributed by atoms with van der Waals surface area (Å²) >= 11 is 0. The van der Waals surface area contributed by atoms with E-state index in [-0.39, 0.29) is 28.6 Å². The number of hydrogen-bond acceptors (Lipinski definition) is 4. The lowest BCUT2D eigenvalue weighted by Gasteiger charge is -2.10. The van der Waals surface area contributed by atoms with Crippen LogP contribution >= 0.6 is 0 Å². The molecular formula is C26H19N3O3. The van der Waals surface area contributed by atoms with Crippen LogP contribution in [0.15, 0.2) is 91.1 Å². The molecule has 0 aliphatic rings. The molecule has 0 saturated heterocycles. The molecule has 2 heterocycles. The van der Waals surface area contributed by atoms with Crippen LogP contribution in [-0.2, 0) is 6.54 Å². The van der Waals surface area contributed by atoms with E-state index in [2.05, 4.69) is 10.3 Å². The van der Waals surface area contributed by atoms with E-state index in [0.717, 1.165) is 16.6 Å². The second-order valence-electron chi connectivity index (χ2n) is 7.45. The summed E-state index contributed by atoms with van der Waals surface area (Å²) in [6.07, 6.45) is 1.66. The lowest BCUT2D eigenvalue weighted by molar-refractivity contribution is 0.0952. The average molecular weight is 421 g/mol.